The van der Waals surface area contributed by atoms with Gasteiger partial charge in [-0.3, -0.25) is 9.59 Å². The predicted molar refractivity (Wildman–Crippen MR) is 137 cm³/mol. The molecule has 0 aliphatic heterocycles. The van der Waals surface area contributed by atoms with Crippen LogP contribution >= 0.6 is 0 Å². The lowest BCUT2D eigenvalue weighted by atomic mass is 9.81. The lowest BCUT2D eigenvalue weighted by molar-refractivity contribution is -0.129. The number of benzene rings is 1. The van der Waals surface area contributed by atoms with Gasteiger partial charge in [0.25, 0.3) is 11.8 Å². The number of rotatable bonds is 12. The van der Waals surface area contributed by atoms with Gasteiger partial charge in [-0.05, 0) is 43.4 Å². The summed E-state index contributed by atoms with van der Waals surface area (Å²) in [6, 6.07) is 3.41. The van der Waals surface area contributed by atoms with Crippen LogP contribution in [0.2, 0.25) is 0 Å². The fraction of sp³-hybridized carbons (Fsp3) is 0.577. The monoisotopic (exact) mass is 585 g/mol. The number of ether oxygens (including phenoxy) is 1. The van der Waals surface area contributed by atoms with Crippen molar-refractivity contribution in [2.45, 2.75) is 69.5 Å². The molecule has 10 nitrogen and oxygen atoms in total. The molecule has 4 rings (SSSR count). The molecule has 3 aromatic rings. The van der Waals surface area contributed by atoms with Crippen molar-refractivity contribution in [2.75, 3.05) is 20.4 Å². The molecule has 0 saturated heterocycles. The Kier molecular flexibility index (Phi) is 9.56. The number of carbonyl (C=O) groups is 2. The number of carbonyl (C=O) groups excluding carboxylic acids is 2. The van der Waals surface area contributed by atoms with Crippen LogP contribution in [0.15, 0.2) is 24.4 Å². The van der Waals surface area contributed by atoms with Crippen molar-refractivity contribution in [3.63, 3.8) is 0 Å². The summed E-state index contributed by atoms with van der Waals surface area (Å²) in [5, 5.41) is 12.9. The number of fused-ring (bicyclic) bond motifs is 1. The van der Waals surface area contributed by atoms with Gasteiger partial charge in [0.15, 0.2) is 6.17 Å². The smallest absolute Gasteiger partial charge is 0.271 e. The fourth-order valence-electron chi connectivity index (χ4n) is 4.88. The maximum absolute atomic E-state index is 14.0. The summed E-state index contributed by atoms with van der Waals surface area (Å²) in [6.07, 6.45) is -4.22. The number of aromatic amines is 1. The summed E-state index contributed by atoms with van der Waals surface area (Å²) in [4.78, 5) is 33.0. The Bertz CT molecular complexity index is 1340. The molecule has 0 bridgehead atoms. The van der Waals surface area contributed by atoms with E-state index in [-0.39, 0.29) is 43.8 Å². The maximum Gasteiger partial charge on any atom is 0.271 e. The van der Waals surface area contributed by atoms with E-state index < -0.39 is 48.8 Å². The molecule has 0 radical (unpaired) electrons. The standard InChI is InChI=1S/C26H32F5N7O3/c1-14(33-25(40)21(29)17(28)12-27)16-3-4-18-19(11-16)35-23(34-18)22(15-5-7-26(30,31)8-6-15)36-24(39)20-13-32-37-38(20)9-10-41-2/h3-4,11,13-15,17,21-22H,5-10,12H2,1-2H3,(H,33,40)(H,34,35)(H,36,39)/t14-,17?,21?,22+/m1/s1. The molecule has 2 aromatic heterocycles. The van der Waals surface area contributed by atoms with Crippen molar-refractivity contribution < 1.29 is 36.3 Å². The number of imidazole rings is 1. The molecule has 1 fully saturated rings. The second-order valence-electron chi connectivity index (χ2n) is 10.2. The number of nitrogens with zero attached hydrogens (tertiary/aromatic N) is 4. The summed E-state index contributed by atoms with van der Waals surface area (Å²) in [5.74, 6) is -4.55. The van der Waals surface area contributed by atoms with Crippen molar-refractivity contribution in [1.82, 2.24) is 35.6 Å². The highest BCUT2D eigenvalue weighted by Crippen LogP contribution is 2.41. The van der Waals surface area contributed by atoms with Gasteiger partial charge in [0, 0.05) is 20.0 Å². The van der Waals surface area contributed by atoms with Crippen molar-refractivity contribution in [2.24, 2.45) is 5.92 Å². The minimum absolute atomic E-state index is 0.156. The van der Waals surface area contributed by atoms with E-state index in [0.717, 1.165) is 0 Å². The number of halogens is 5. The van der Waals surface area contributed by atoms with Crippen molar-refractivity contribution in [3.8, 4) is 0 Å². The highest BCUT2D eigenvalue weighted by atomic mass is 19.3. The summed E-state index contributed by atoms with van der Waals surface area (Å²) >= 11 is 0. The van der Waals surface area contributed by atoms with Crippen LogP contribution in [-0.4, -0.2) is 75.4 Å². The van der Waals surface area contributed by atoms with E-state index in [0.29, 0.717) is 29.0 Å². The van der Waals surface area contributed by atoms with Crippen molar-refractivity contribution >= 4 is 22.8 Å². The van der Waals surface area contributed by atoms with Gasteiger partial charge >= 0.3 is 0 Å². The van der Waals surface area contributed by atoms with Crippen molar-refractivity contribution in [3.05, 3.63) is 41.5 Å². The van der Waals surface area contributed by atoms with E-state index in [1.807, 2.05) is 0 Å². The molecule has 2 heterocycles. The highest BCUT2D eigenvalue weighted by molar-refractivity contribution is 5.92. The van der Waals surface area contributed by atoms with Crippen LogP contribution in [0.5, 0.6) is 0 Å². The van der Waals surface area contributed by atoms with Crippen molar-refractivity contribution in [1.29, 1.82) is 0 Å². The summed E-state index contributed by atoms with van der Waals surface area (Å²) in [7, 11) is 1.51. The van der Waals surface area contributed by atoms with Gasteiger partial charge in [0.05, 0.1) is 42.5 Å². The number of H-pyrrole nitrogens is 1. The van der Waals surface area contributed by atoms with E-state index in [4.69, 9.17) is 4.74 Å². The van der Waals surface area contributed by atoms with Crippen LogP contribution in [0.4, 0.5) is 22.0 Å². The lowest BCUT2D eigenvalue weighted by Gasteiger charge is -2.33. The first kappa shape index (κ1) is 30.3. The Hall–Kier alpha value is -3.62. The number of aromatic nitrogens is 5. The average Bonchev–Trinajstić information content (AvgIpc) is 3.60. The van der Waals surface area contributed by atoms with Crippen LogP contribution in [0.25, 0.3) is 11.0 Å². The van der Waals surface area contributed by atoms with E-state index in [9.17, 15) is 31.5 Å². The minimum atomic E-state index is -2.78. The van der Waals surface area contributed by atoms with E-state index in [2.05, 4.69) is 30.9 Å². The Morgan fingerprint density at radius 2 is 1.95 bits per heavy atom. The summed E-state index contributed by atoms with van der Waals surface area (Å²) in [6.45, 7) is 0.516. The quantitative estimate of drug-likeness (QED) is 0.277. The summed E-state index contributed by atoms with van der Waals surface area (Å²) in [5.41, 5.74) is 1.70. The largest absolute Gasteiger partial charge is 0.383 e. The molecule has 3 N–H and O–H groups in total. The number of amides is 2. The van der Waals surface area contributed by atoms with E-state index in [1.165, 1.54) is 18.0 Å². The molecule has 15 heteroatoms. The topological polar surface area (TPSA) is 127 Å². The van der Waals surface area contributed by atoms with Crippen LogP contribution in [0, 0.1) is 5.92 Å². The molecule has 4 atom stereocenters. The van der Waals surface area contributed by atoms with Crippen LogP contribution in [0.1, 0.15) is 66.6 Å². The van der Waals surface area contributed by atoms with Gasteiger partial charge < -0.3 is 20.4 Å². The number of nitrogens with one attached hydrogen (secondary N) is 3. The first-order valence-electron chi connectivity index (χ1n) is 13.2. The molecule has 41 heavy (non-hydrogen) atoms. The Morgan fingerprint density at radius 1 is 1.22 bits per heavy atom. The lowest BCUT2D eigenvalue weighted by Crippen LogP contribution is -2.39. The summed E-state index contributed by atoms with van der Waals surface area (Å²) < 4.78 is 73.8. The molecular formula is C26H32F5N7O3. The Balaban J connectivity index is 1.58. The van der Waals surface area contributed by atoms with Gasteiger partial charge in [-0.2, -0.15) is 0 Å². The van der Waals surface area contributed by atoms with Gasteiger partial charge in [0.2, 0.25) is 12.1 Å². The zero-order chi connectivity index (χ0) is 29.7. The second kappa shape index (κ2) is 12.9. The highest BCUT2D eigenvalue weighted by Gasteiger charge is 2.40. The molecule has 2 amide bonds. The van der Waals surface area contributed by atoms with Crippen LogP contribution < -0.4 is 10.6 Å². The molecule has 1 aliphatic carbocycles. The molecule has 2 unspecified atom stereocenters. The number of hydrogen-bond donors (Lipinski definition) is 3. The Morgan fingerprint density at radius 3 is 2.63 bits per heavy atom. The van der Waals surface area contributed by atoms with Gasteiger partial charge in [0.1, 0.15) is 18.2 Å². The van der Waals surface area contributed by atoms with Crippen LogP contribution in [-0.2, 0) is 16.1 Å². The zero-order valence-corrected chi connectivity index (χ0v) is 22.5. The fourth-order valence-corrected chi connectivity index (χ4v) is 4.88. The average molecular weight is 586 g/mol. The minimum Gasteiger partial charge on any atom is -0.383 e. The normalized spacial score (nSPS) is 18.5. The first-order chi connectivity index (χ1) is 19.5. The Labute approximate surface area is 232 Å². The van der Waals surface area contributed by atoms with Gasteiger partial charge in [-0.1, -0.05) is 11.3 Å². The number of hydrogen-bond acceptors (Lipinski definition) is 6. The third-order valence-corrected chi connectivity index (χ3v) is 7.27. The number of alkyl halides is 5. The predicted octanol–water partition coefficient (Wildman–Crippen LogP) is 3.92. The second-order valence-corrected chi connectivity index (χ2v) is 10.2. The molecule has 1 aromatic carbocycles. The molecule has 224 valence electrons. The third-order valence-electron chi connectivity index (χ3n) is 7.27. The van der Waals surface area contributed by atoms with Gasteiger partial charge in [-0.25, -0.2) is 31.6 Å². The van der Waals surface area contributed by atoms with E-state index in [1.54, 1.807) is 25.1 Å². The molecule has 0 spiro atoms. The maximum atomic E-state index is 14.0. The molecular weight excluding hydrogens is 553 g/mol. The molecule has 1 aliphatic rings. The number of methoxy groups -OCH3 is 1. The zero-order valence-electron chi connectivity index (χ0n) is 22.5. The first-order valence-corrected chi connectivity index (χ1v) is 13.2. The third kappa shape index (κ3) is 7.18. The molecule has 1 saturated carbocycles. The van der Waals surface area contributed by atoms with Gasteiger partial charge in [-0.15, -0.1) is 5.10 Å². The van der Waals surface area contributed by atoms with E-state index >= 15 is 0 Å². The van der Waals surface area contributed by atoms with Crippen LogP contribution in [0.3, 0.4) is 0 Å². The SMILES string of the molecule is COCCn1nncc1C(=O)N[C@H](c1nc2ccc([C@@H](C)NC(=O)C(F)C(F)CF)cc2[nH]1)C1CCC(F)(F)CC1.